The zero-order chi connectivity index (χ0) is 28.4. The zero-order valence-corrected chi connectivity index (χ0v) is 26.8. The molecule has 1 aromatic rings. The summed E-state index contributed by atoms with van der Waals surface area (Å²) in [5, 5.41) is 0. The van der Waals surface area contributed by atoms with E-state index in [1.54, 1.807) is 0 Å². The van der Waals surface area contributed by atoms with E-state index in [0.29, 0.717) is 12.2 Å². The van der Waals surface area contributed by atoms with E-state index in [1.807, 2.05) is 12.1 Å². The highest BCUT2D eigenvalue weighted by atomic mass is 16.5. The predicted octanol–water partition coefficient (Wildman–Crippen LogP) is 12.4. The Morgan fingerprint density at radius 2 is 0.949 bits per heavy atom. The summed E-state index contributed by atoms with van der Waals surface area (Å²) in [7, 11) is 0. The zero-order valence-electron chi connectivity index (χ0n) is 26.8. The predicted molar refractivity (Wildman–Crippen MR) is 172 cm³/mol. The number of hydrogen-bond donors (Lipinski definition) is 0. The van der Waals surface area contributed by atoms with Crippen LogP contribution in [0.3, 0.4) is 0 Å². The molecule has 2 heteroatoms. The van der Waals surface area contributed by atoms with Gasteiger partial charge in [0.05, 0.1) is 12.2 Å². The van der Waals surface area contributed by atoms with Gasteiger partial charge in [0, 0.05) is 5.41 Å². The fourth-order valence-electron chi connectivity index (χ4n) is 5.70. The van der Waals surface area contributed by atoms with Gasteiger partial charge in [-0.2, -0.15) is 0 Å². The van der Waals surface area contributed by atoms with Gasteiger partial charge in [0.15, 0.2) is 0 Å². The second-order valence-electron chi connectivity index (χ2n) is 12.7. The molecule has 0 aromatic heterocycles. The summed E-state index contributed by atoms with van der Waals surface area (Å²) in [5.41, 5.74) is 2.11. The smallest absolute Gasteiger partial charge is 0.338 e. The number of ether oxygens (including phenoxy) is 1. The molecule has 0 fully saturated rings. The van der Waals surface area contributed by atoms with Crippen molar-refractivity contribution in [1.82, 2.24) is 0 Å². The van der Waals surface area contributed by atoms with Gasteiger partial charge in [-0.05, 0) is 43.4 Å². The Balaban J connectivity index is 2.46. The van der Waals surface area contributed by atoms with Crippen LogP contribution in [0.1, 0.15) is 191 Å². The summed E-state index contributed by atoms with van der Waals surface area (Å²) < 4.78 is 5.96. The van der Waals surface area contributed by atoms with E-state index >= 15 is 0 Å². The maximum absolute atomic E-state index is 12.9. The third-order valence-electron chi connectivity index (χ3n) is 8.58. The van der Waals surface area contributed by atoms with Crippen molar-refractivity contribution in [3.8, 4) is 0 Å². The van der Waals surface area contributed by atoms with Crippen LogP contribution in [0.25, 0.3) is 0 Å². The van der Waals surface area contributed by atoms with Gasteiger partial charge in [-0.25, -0.2) is 4.79 Å². The number of rotatable bonds is 27. The molecule has 0 aliphatic rings. The normalized spacial score (nSPS) is 12.9. The molecule has 1 rings (SSSR count). The quantitative estimate of drug-likeness (QED) is 0.0816. The van der Waals surface area contributed by atoms with Gasteiger partial charge in [0.1, 0.15) is 0 Å². The van der Waals surface area contributed by atoms with E-state index in [9.17, 15) is 4.79 Å². The largest absolute Gasteiger partial charge is 0.462 e. The summed E-state index contributed by atoms with van der Waals surface area (Å²) in [6.45, 7) is 9.73. The minimum atomic E-state index is -0.152. The van der Waals surface area contributed by atoms with Gasteiger partial charge >= 0.3 is 5.97 Å². The second-order valence-corrected chi connectivity index (χ2v) is 12.7. The SMILES string of the molecule is CCCCCCCCCCCCC(C)(CCCCCCCCCC)COC(=O)c1ccc(CCCCC)cc1. The van der Waals surface area contributed by atoms with Crippen molar-refractivity contribution >= 4 is 5.97 Å². The van der Waals surface area contributed by atoms with E-state index in [-0.39, 0.29) is 11.4 Å². The van der Waals surface area contributed by atoms with Crippen molar-refractivity contribution in [2.45, 2.75) is 182 Å². The first-order chi connectivity index (χ1) is 19.0. The van der Waals surface area contributed by atoms with Crippen molar-refractivity contribution in [3.63, 3.8) is 0 Å². The fraction of sp³-hybridized carbons (Fsp3) is 0.811. The Bertz CT molecular complexity index is 679. The molecular weight excluding hydrogens is 476 g/mol. The van der Waals surface area contributed by atoms with Gasteiger partial charge in [0.2, 0.25) is 0 Å². The lowest BCUT2D eigenvalue weighted by atomic mass is 9.80. The molecule has 1 atom stereocenters. The number of esters is 1. The van der Waals surface area contributed by atoms with Crippen molar-refractivity contribution in [3.05, 3.63) is 35.4 Å². The Labute approximate surface area is 244 Å². The molecule has 2 nitrogen and oxygen atoms in total. The maximum atomic E-state index is 12.9. The van der Waals surface area contributed by atoms with Crippen molar-refractivity contribution < 1.29 is 9.53 Å². The third-order valence-corrected chi connectivity index (χ3v) is 8.58. The average Bonchev–Trinajstić information content (AvgIpc) is 2.95. The first-order valence-electron chi connectivity index (χ1n) is 17.3. The van der Waals surface area contributed by atoms with Crippen LogP contribution in [-0.4, -0.2) is 12.6 Å². The van der Waals surface area contributed by atoms with Crippen LogP contribution in [0.15, 0.2) is 24.3 Å². The molecule has 0 saturated carbocycles. The van der Waals surface area contributed by atoms with Gasteiger partial charge in [-0.1, -0.05) is 168 Å². The van der Waals surface area contributed by atoms with Gasteiger partial charge in [0.25, 0.3) is 0 Å². The summed E-state index contributed by atoms with van der Waals surface area (Å²) >= 11 is 0. The molecular formula is C37H66O2. The van der Waals surface area contributed by atoms with E-state index in [4.69, 9.17) is 4.74 Å². The molecule has 0 spiro atoms. The Kier molecular flexibility index (Phi) is 22.4. The lowest BCUT2D eigenvalue weighted by Gasteiger charge is -2.29. The second kappa shape index (κ2) is 24.5. The number of unbranched alkanes of at least 4 members (excludes halogenated alkanes) is 18. The highest BCUT2D eigenvalue weighted by molar-refractivity contribution is 5.89. The number of aryl methyl sites for hydroxylation is 1. The lowest BCUT2D eigenvalue weighted by Crippen LogP contribution is -2.25. The molecule has 39 heavy (non-hydrogen) atoms. The van der Waals surface area contributed by atoms with Crippen LogP contribution in [0.2, 0.25) is 0 Å². The van der Waals surface area contributed by atoms with Crippen LogP contribution in [0.4, 0.5) is 0 Å². The van der Waals surface area contributed by atoms with Crippen LogP contribution in [0, 0.1) is 5.41 Å². The standard InChI is InChI=1S/C37H66O2/c1-5-8-11-13-15-17-18-20-22-25-32-37(4,31-24-21-19-16-14-12-9-6-2)33-39-36(38)35-29-27-34(28-30-35)26-23-10-7-3/h27-30H,5-26,31-33H2,1-4H3. The summed E-state index contributed by atoms with van der Waals surface area (Å²) in [4.78, 5) is 12.9. The molecule has 0 bridgehead atoms. The molecule has 0 radical (unpaired) electrons. The van der Waals surface area contributed by atoms with Crippen molar-refractivity contribution in [1.29, 1.82) is 0 Å². The number of carbonyl (C=O) groups is 1. The van der Waals surface area contributed by atoms with Crippen molar-refractivity contribution in [2.75, 3.05) is 6.61 Å². The first kappa shape index (κ1) is 35.7. The van der Waals surface area contributed by atoms with Crippen LogP contribution < -0.4 is 0 Å². The van der Waals surface area contributed by atoms with Crippen LogP contribution in [-0.2, 0) is 11.2 Å². The number of hydrogen-bond acceptors (Lipinski definition) is 2. The molecule has 0 aliphatic carbocycles. The molecule has 226 valence electrons. The van der Waals surface area contributed by atoms with Crippen LogP contribution in [0.5, 0.6) is 0 Å². The molecule has 1 unspecified atom stereocenters. The lowest BCUT2D eigenvalue weighted by molar-refractivity contribution is 0.0264. The van der Waals surface area contributed by atoms with Gasteiger partial charge in [-0.3, -0.25) is 0 Å². The van der Waals surface area contributed by atoms with Gasteiger partial charge < -0.3 is 4.74 Å². The molecule has 0 heterocycles. The summed E-state index contributed by atoms with van der Waals surface area (Å²) in [6, 6.07) is 8.13. The third kappa shape index (κ3) is 19.4. The summed E-state index contributed by atoms with van der Waals surface area (Å²) in [6.07, 6.45) is 31.6. The number of carbonyl (C=O) groups excluding carboxylic acids is 1. The van der Waals surface area contributed by atoms with Crippen LogP contribution >= 0.6 is 0 Å². The Morgan fingerprint density at radius 3 is 1.38 bits per heavy atom. The first-order valence-corrected chi connectivity index (χ1v) is 17.3. The molecule has 0 amide bonds. The van der Waals surface area contributed by atoms with E-state index in [1.165, 1.54) is 153 Å². The van der Waals surface area contributed by atoms with E-state index in [2.05, 4.69) is 39.8 Å². The molecule has 0 saturated heterocycles. The summed E-state index contributed by atoms with van der Waals surface area (Å²) in [5.74, 6) is -0.152. The molecule has 0 N–H and O–H groups in total. The maximum Gasteiger partial charge on any atom is 0.338 e. The number of benzene rings is 1. The molecule has 1 aromatic carbocycles. The highest BCUT2D eigenvalue weighted by Crippen LogP contribution is 2.32. The Hall–Kier alpha value is -1.31. The minimum absolute atomic E-state index is 0.0954. The minimum Gasteiger partial charge on any atom is -0.462 e. The molecule has 0 aliphatic heterocycles. The highest BCUT2D eigenvalue weighted by Gasteiger charge is 2.26. The van der Waals surface area contributed by atoms with Gasteiger partial charge in [-0.15, -0.1) is 0 Å². The topological polar surface area (TPSA) is 26.3 Å². The van der Waals surface area contributed by atoms with E-state index in [0.717, 1.165) is 6.42 Å². The van der Waals surface area contributed by atoms with E-state index < -0.39 is 0 Å². The fourth-order valence-corrected chi connectivity index (χ4v) is 5.70. The monoisotopic (exact) mass is 543 g/mol. The Morgan fingerprint density at radius 1 is 0.564 bits per heavy atom. The average molecular weight is 543 g/mol. The van der Waals surface area contributed by atoms with Crippen molar-refractivity contribution in [2.24, 2.45) is 5.41 Å².